The highest BCUT2D eigenvalue weighted by molar-refractivity contribution is 5.96. The fourth-order valence-electron chi connectivity index (χ4n) is 3.33. The average Bonchev–Trinajstić information content (AvgIpc) is 3.37. The normalized spacial score (nSPS) is 15.7. The summed E-state index contributed by atoms with van der Waals surface area (Å²) in [4.78, 5) is 15.1. The number of para-hydroxylation sites is 1. The molecule has 1 amide bonds. The molecular formula is C21H28N2O3. The quantitative estimate of drug-likeness (QED) is 0.689. The number of carbonyl (C=O) groups excluding carboxylic acids is 1. The summed E-state index contributed by atoms with van der Waals surface area (Å²) in [6.45, 7) is 5.35. The van der Waals surface area contributed by atoms with Crippen molar-refractivity contribution in [3.63, 3.8) is 0 Å². The minimum absolute atomic E-state index is 0.0737. The highest BCUT2D eigenvalue weighted by Gasteiger charge is 2.26. The fraction of sp³-hybridized carbons (Fsp3) is 0.476. The molecule has 5 heteroatoms. The van der Waals surface area contributed by atoms with Crippen LogP contribution >= 0.6 is 0 Å². The van der Waals surface area contributed by atoms with E-state index in [2.05, 4.69) is 17.1 Å². The maximum atomic E-state index is 12.7. The van der Waals surface area contributed by atoms with E-state index in [1.54, 1.807) is 6.26 Å². The molecule has 0 unspecified atom stereocenters. The van der Waals surface area contributed by atoms with E-state index in [4.69, 9.17) is 9.15 Å². The number of unbranched alkanes of at least 4 members (excludes halogenated alkanes) is 1. The summed E-state index contributed by atoms with van der Waals surface area (Å²) < 4.78 is 11.4. The summed E-state index contributed by atoms with van der Waals surface area (Å²) in [5, 5.41) is 3.07. The van der Waals surface area contributed by atoms with Crippen molar-refractivity contribution in [2.45, 2.75) is 38.6 Å². The molecule has 26 heavy (non-hydrogen) atoms. The number of ether oxygens (including phenoxy) is 1. The molecule has 0 bridgehead atoms. The monoisotopic (exact) mass is 356 g/mol. The Morgan fingerprint density at radius 3 is 2.77 bits per heavy atom. The van der Waals surface area contributed by atoms with Crippen LogP contribution < -0.4 is 10.1 Å². The molecule has 1 fully saturated rings. The lowest BCUT2D eigenvalue weighted by molar-refractivity contribution is 0.0929. The minimum Gasteiger partial charge on any atom is -0.493 e. The molecular weight excluding hydrogens is 328 g/mol. The lowest BCUT2D eigenvalue weighted by Gasteiger charge is -2.26. The number of nitrogens with one attached hydrogen (secondary N) is 1. The summed E-state index contributed by atoms with van der Waals surface area (Å²) in [5.74, 6) is 1.45. The number of amides is 1. The maximum Gasteiger partial charge on any atom is 0.255 e. The number of furan rings is 1. The van der Waals surface area contributed by atoms with Crippen molar-refractivity contribution in [1.29, 1.82) is 0 Å². The Morgan fingerprint density at radius 1 is 1.23 bits per heavy atom. The Bertz CT molecular complexity index is 678. The molecule has 5 nitrogen and oxygen atoms in total. The Labute approximate surface area is 155 Å². The Balaban J connectivity index is 1.65. The van der Waals surface area contributed by atoms with Gasteiger partial charge in [-0.05, 0) is 56.6 Å². The van der Waals surface area contributed by atoms with Crippen molar-refractivity contribution < 1.29 is 13.9 Å². The van der Waals surface area contributed by atoms with Crippen molar-refractivity contribution in [2.75, 3.05) is 26.2 Å². The number of carbonyl (C=O) groups is 1. The third kappa shape index (κ3) is 4.67. The van der Waals surface area contributed by atoms with Gasteiger partial charge in [0.2, 0.25) is 0 Å². The van der Waals surface area contributed by atoms with E-state index in [0.717, 1.165) is 31.7 Å². The van der Waals surface area contributed by atoms with Crippen LogP contribution in [0.2, 0.25) is 0 Å². The topological polar surface area (TPSA) is 54.7 Å². The van der Waals surface area contributed by atoms with Gasteiger partial charge in [-0.1, -0.05) is 25.5 Å². The smallest absolute Gasteiger partial charge is 0.255 e. The molecule has 0 saturated carbocycles. The highest BCUT2D eigenvalue weighted by Crippen LogP contribution is 2.25. The van der Waals surface area contributed by atoms with Crippen molar-refractivity contribution >= 4 is 5.91 Å². The van der Waals surface area contributed by atoms with E-state index in [-0.39, 0.29) is 11.9 Å². The first kappa shape index (κ1) is 18.5. The van der Waals surface area contributed by atoms with Crippen LogP contribution in [-0.4, -0.2) is 37.0 Å². The van der Waals surface area contributed by atoms with Crippen LogP contribution in [0.3, 0.4) is 0 Å². The lowest BCUT2D eigenvalue weighted by Crippen LogP contribution is -2.36. The zero-order valence-electron chi connectivity index (χ0n) is 15.4. The van der Waals surface area contributed by atoms with Crippen LogP contribution in [0.5, 0.6) is 5.75 Å². The van der Waals surface area contributed by atoms with Gasteiger partial charge in [-0.15, -0.1) is 0 Å². The van der Waals surface area contributed by atoms with Gasteiger partial charge in [0.25, 0.3) is 5.91 Å². The van der Waals surface area contributed by atoms with Gasteiger partial charge in [0.1, 0.15) is 11.5 Å². The highest BCUT2D eigenvalue weighted by atomic mass is 16.5. The summed E-state index contributed by atoms with van der Waals surface area (Å²) in [6.07, 6.45) is 6.12. The van der Waals surface area contributed by atoms with Crippen LogP contribution in [0.25, 0.3) is 0 Å². The second kappa shape index (κ2) is 9.43. The molecule has 2 heterocycles. The zero-order chi connectivity index (χ0) is 18.2. The third-order valence-electron chi connectivity index (χ3n) is 4.80. The molecule has 0 aliphatic carbocycles. The number of benzene rings is 1. The van der Waals surface area contributed by atoms with Crippen LogP contribution in [0.15, 0.2) is 47.1 Å². The first-order chi connectivity index (χ1) is 12.8. The van der Waals surface area contributed by atoms with Crippen LogP contribution in [-0.2, 0) is 0 Å². The van der Waals surface area contributed by atoms with Gasteiger partial charge >= 0.3 is 0 Å². The predicted molar refractivity (Wildman–Crippen MR) is 101 cm³/mol. The van der Waals surface area contributed by atoms with E-state index < -0.39 is 0 Å². The summed E-state index contributed by atoms with van der Waals surface area (Å²) in [7, 11) is 0. The first-order valence-corrected chi connectivity index (χ1v) is 9.57. The second-order valence-corrected chi connectivity index (χ2v) is 6.68. The first-order valence-electron chi connectivity index (χ1n) is 9.57. The van der Waals surface area contributed by atoms with Gasteiger partial charge in [-0.3, -0.25) is 9.69 Å². The number of nitrogens with zero attached hydrogens (tertiary/aromatic N) is 1. The number of hydrogen-bond acceptors (Lipinski definition) is 4. The van der Waals surface area contributed by atoms with Gasteiger partial charge in [-0.2, -0.15) is 0 Å². The van der Waals surface area contributed by atoms with Crippen molar-refractivity contribution in [1.82, 2.24) is 10.2 Å². The van der Waals surface area contributed by atoms with E-state index in [1.807, 2.05) is 36.4 Å². The van der Waals surface area contributed by atoms with E-state index in [1.165, 1.54) is 12.8 Å². The number of rotatable bonds is 9. The Morgan fingerprint density at radius 2 is 2.04 bits per heavy atom. The standard InChI is InChI=1S/C21H28N2O3/c1-2-3-14-25-19-10-5-4-9-17(19)21(24)22-16-18(20-11-8-15-26-20)23-12-6-7-13-23/h4-5,8-11,15,18H,2-3,6-7,12-14,16H2,1H3,(H,22,24)/t18-/m1/s1. The van der Waals surface area contributed by atoms with E-state index in [9.17, 15) is 4.79 Å². The maximum absolute atomic E-state index is 12.7. The van der Waals surface area contributed by atoms with E-state index in [0.29, 0.717) is 24.5 Å². The molecule has 140 valence electrons. The lowest BCUT2D eigenvalue weighted by atomic mass is 10.1. The summed E-state index contributed by atoms with van der Waals surface area (Å²) in [5.41, 5.74) is 0.586. The van der Waals surface area contributed by atoms with Gasteiger partial charge in [0.15, 0.2) is 0 Å². The third-order valence-corrected chi connectivity index (χ3v) is 4.80. The molecule has 1 aromatic carbocycles. The van der Waals surface area contributed by atoms with Crippen LogP contribution in [0, 0.1) is 0 Å². The van der Waals surface area contributed by atoms with Crippen LogP contribution in [0.1, 0.15) is 54.8 Å². The fourth-order valence-corrected chi connectivity index (χ4v) is 3.33. The van der Waals surface area contributed by atoms with Crippen molar-refractivity contribution in [2.24, 2.45) is 0 Å². The molecule has 0 spiro atoms. The summed E-state index contributed by atoms with van der Waals surface area (Å²) >= 11 is 0. The van der Waals surface area contributed by atoms with Gasteiger partial charge in [-0.25, -0.2) is 0 Å². The summed E-state index contributed by atoms with van der Waals surface area (Å²) in [6, 6.07) is 11.4. The average molecular weight is 356 g/mol. The van der Waals surface area contributed by atoms with Gasteiger partial charge in [0.05, 0.1) is 24.5 Å². The Kier molecular flexibility index (Phi) is 6.72. The van der Waals surface area contributed by atoms with Crippen LogP contribution in [0.4, 0.5) is 0 Å². The molecule has 2 aromatic rings. The zero-order valence-corrected chi connectivity index (χ0v) is 15.4. The van der Waals surface area contributed by atoms with E-state index >= 15 is 0 Å². The molecule has 1 aromatic heterocycles. The predicted octanol–water partition coefficient (Wildman–Crippen LogP) is 4.03. The minimum atomic E-state index is -0.104. The Hall–Kier alpha value is -2.27. The molecule has 1 saturated heterocycles. The van der Waals surface area contributed by atoms with Gasteiger partial charge < -0.3 is 14.5 Å². The number of hydrogen-bond donors (Lipinski definition) is 1. The van der Waals surface area contributed by atoms with Crippen molar-refractivity contribution in [3.8, 4) is 5.75 Å². The molecule has 1 N–H and O–H groups in total. The second-order valence-electron chi connectivity index (χ2n) is 6.68. The SMILES string of the molecule is CCCCOc1ccccc1C(=O)NC[C@H](c1ccco1)N1CCCC1. The molecule has 1 atom stereocenters. The molecule has 1 aliphatic heterocycles. The molecule has 0 radical (unpaired) electrons. The van der Waals surface area contributed by atoms with Gasteiger partial charge in [0, 0.05) is 6.54 Å². The molecule has 3 rings (SSSR count). The molecule has 1 aliphatic rings. The number of likely N-dealkylation sites (tertiary alicyclic amines) is 1. The largest absolute Gasteiger partial charge is 0.493 e. The van der Waals surface area contributed by atoms with Crippen molar-refractivity contribution in [3.05, 3.63) is 54.0 Å².